The molecule has 1 aromatic heterocycles. The second-order valence-corrected chi connectivity index (χ2v) is 5.55. The van der Waals surface area contributed by atoms with Gasteiger partial charge in [-0.2, -0.15) is 0 Å². The van der Waals surface area contributed by atoms with Crippen molar-refractivity contribution >= 4 is 17.5 Å². The van der Waals surface area contributed by atoms with Crippen molar-refractivity contribution in [2.75, 3.05) is 0 Å². The highest BCUT2D eigenvalue weighted by Gasteiger charge is 2.21. The fourth-order valence-electron chi connectivity index (χ4n) is 2.06. The van der Waals surface area contributed by atoms with Crippen molar-refractivity contribution in [1.29, 1.82) is 0 Å². The van der Waals surface area contributed by atoms with Crippen LogP contribution in [-0.2, 0) is 7.05 Å². The zero-order valence-electron chi connectivity index (χ0n) is 10.0. The van der Waals surface area contributed by atoms with Gasteiger partial charge in [-0.1, -0.05) is 36.2 Å². The maximum atomic E-state index is 9.11. The molecule has 0 aliphatic heterocycles. The van der Waals surface area contributed by atoms with E-state index in [0.717, 1.165) is 30.1 Å². The van der Waals surface area contributed by atoms with Crippen molar-refractivity contribution in [3.63, 3.8) is 0 Å². The van der Waals surface area contributed by atoms with Crippen LogP contribution in [0, 0.1) is 0 Å². The van der Waals surface area contributed by atoms with Crippen LogP contribution in [0.2, 0.25) is 0 Å². The van der Waals surface area contributed by atoms with Crippen LogP contribution in [0.15, 0.2) is 16.6 Å². The van der Waals surface area contributed by atoms with Crippen molar-refractivity contribution in [3.05, 3.63) is 6.33 Å². The van der Waals surface area contributed by atoms with Crippen LogP contribution in [0.4, 0.5) is 0 Å². The first kappa shape index (κ1) is 12.4. The molecule has 1 aliphatic carbocycles. The predicted octanol–water partition coefficient (Wildman–Crippen LogP) is 2.46. The molecule has 0 unspecified atom stereocenters. The largest absolute Gasteiger partial charge is 0.411 e. The molecule has 6 heteroatoms. The third kappa shape index (κ3) is 3.21. The molecule has 0 radical (unpaired) electrons. The van der Waals surface area contributed by atoms with Gasteiger partial charge in [0.2, 0.25) is 0 Å². The van der Waals surface area contributed by atoms with Crippen LogP contribution in [-0.4, -0.2) is 30.9 Å². The summed E-state index contributed by atoms with van der Waals surface area (Å²) in [5, 5.41) is 21.7. The molecule has 0 bridgehead atoms. The van der Waals surface area contributed by atoms with Gasteiger partial charge in [0.25, 0.3) is 0 Å². The molecule has 1 atom stereocenters. The van der Waals surface area contributed by atoms with Crippen LogP contribution in [0.1, 0.15) is 38.5 Å². The number of aromatic nitrogens is 3. The number of nitrogens with zero attached hydrogens (tertiary/aromatic N) is 4. The number of thioether (sulfide) groups is 1. The molecule has 0 aromatic carbocycles. The lowest BCUT2D eigenvalue weighted by Gasteiger charge is -2.19. The minimum Gasteiger partial charge on any atom is -0.411 e. The fourth-order valence-corrected chi connectivity index (χ4v) is 3.21. The summed E-state index contributed by atoms with van der Waals surface area (Å²) >= 11 is 1.65. The summed E-state index contributed by atoms with van der Waals surface area (Å²) in [7, 11) is 1.93. The van der Waals surface area contributed by atoms with Crippen molar-refractivity contribution in [2.24, 2.45) is 12.2 Å². The second kappa shape index (κ2) is 6.05. The van der Waals surface area contributed by atoms with Gasteiger partial charge < -0.3 is 9.77 Å². The van der Waals surface area contributed by atoms with Crippen LogP contribution in [0.25, 0.3) is 0 Å². The van der Waals surface area contributed by atoms with Crippen LogP contribution >= 0.6 is 11.8 Å². The SMILES string of the molecule is Cn1cnnc1S[C@@H]1CCCCCC/C1=N\O. The van der Waals surface area contributed by atoms with Gasteiger partial charge in [0.15, 0.2) is 5.16 Å². The molecular weight excluding hydrogens is 236 g/mol. The van der Waals surface area contributed by atoms with Gasteiger partial charge in [-0.05, 0) is 19.3 Å². The number of hydrogen-bond donors (Lipinski definition) is 1. The molecule has 1 heterocycles. The Kier molecular flexibility index (Phi) is 4.42. The normalized spacial score (nSPS) is 24.5. The molecule has 0 saturated heterocycles. The van der Waals surface area contributed by atoms with Crippen molar-refractivity contribution in [1.82, 2.24) is 14.8 Å². The van der Waals surface area contributed by atoms with Gasteiger partial charge in [-0.3, -0.25) is 0 Å². The fraction of sp³-hybridized carbons (Fsp3) is 0.727. The van der Waals surface area contributed by atoms with Crippen LogP contribution in [0.5, 0.6) is 0 Å². The van der Waals surface area contributed by atoms with Crippen molar-refractivity contribution in [2.45, 2.75) is 48.9 Å². The molecule has 1 saturated carbocycles. The smallest absolute Gasteiger partial charge is 0.191 e. The maximum Gasteiger partial charge on any atom is 0.191 e. The number of hydrogen-bond acceptors (Lipinski definition) is 5. The highest BCUT2D eigenvalue weighted by molar-refractivity contribution is 8.00. The maximum absolute atomic E-state index is 9.11. The van der Waals surface area contributed by atoms with E-state index < -0.39 is 0 Å². The molecule has 1 fully saturated rings. The molecule has 17 heavy (non-hydrogen) atoms. The Hall–Kier alpha value is -1.04. The van der Waals surface area contributed by atoms with E-state index in [4.69, 9.17) is 5.21 Å². The average molecular weight is 254 g/mol. The Morgan fingerprint density at radius 3 is 2.94 bits per heavy atom. The number of aryl methyl sites for hydroxylation is 1. The zero-order chi connectivity index (χ0) is 12.1. The van der Waals surface area contributed by atoms with Gasteiger partial charge in [0.05, 0.1) is 11.0 Å². The topological polar surface area (TPSA) is 63.3 Å². The van der Waals surface area contributed by atoms with E-state index in [9.17, 15) is 0 Å². The minimum atomic E-state index is 0.239. The van der Waals surface area contributed by atoms with E-state index in [-0.39, 0.29) is 5.25 Å². The summed E-state index contributed by atoms with van der Waals surface area (Å²) < 4.78 is 1.90. The molecule has 5 nitrogen and oxygen atoms in total. The van der Waals surface area contributed by atoms with E-state index in [1.54, 1.807) is 18.1 Å². The average Bonchev–Trinajstić information content (AvgIpc) is 2.69. The first-order chi connectivity index (χ1) is 8.31. The third-order valence-electron chi connectivity index (χ3n) is 3.07. The van der Waals surface area contributed by atoms with Crippen molar-refractivity contribution in [3.8, 4) is 0 Å². The molecule has 0 spiro atoms. The lowest BCUT2D eigenvalue weighted by atomic mass is 9.99. The van der Waals surface area contributed by atoms with Crippen molar-refractivity contribution < 1.29 is 5.21 Å². The summed E-state index contributed by atoms with van der Waals surface area (Å²) in [5.41, 5.74) is 0.901. The monoisotopic (exact) mass is 254 g/mol. The lowest BCUT2D eigenvalue weighted by molar-refractivity contribution is 0.315. The molecule has 1 aliphatic rings. The van der Waals surface area contributed by atoms with Gasteiger partial charge in [0.1, 0.15) is 6.33 Å². The lowest BCUT2D eigenvalue weighted by Crippen LogP contribution is -2.20. The standard InChI is InChI=1S/C11H18N4OS/c1-15-8-12-13-11(15)17-10-7-5-3-2-4-6-9(10)14-16/h8,10,16H,2-7H2,1H3/b14-9+/t10-/m1/s1. The number of rotatable bonds is 2. The molecule has 1 N–H and O–H groups in total. The van der Waals surface area contributed by atoms with Gasteiger partial charge in [-0.25, -0.2) is 0 Å². The quantitative estimate of drug-likeness (QED) is 0.650. The predicted molar refractivity (Wildman–Crippen MR) is 67.6 cm³/mol. The van der Waals surface area contributed by atoms with Gasteiger partial charge >= 0.3 is 0 Å². The Balaban J connectivity index is 2.07. The summed E-state index contributed by atoms with van der Waals surface area (Å²) in [4.78, 5) is 0. The first-order valence-electron chi connectivity index (χ1n) is 6.02. The van der Waals surface area contributed by atoms with E-state index in [1.165, 1.54) is 19.3 Å². The summed E-state index contributed by atoms with van der Waals surface area (Å²) in [6, 6.07) is 0. The highest BCUT2D eigenvalue weighted by atomic mass is 32.2. The Bertz CT molecular complexity index is 391. The van der Waals surface area contributed by atoms with Gasteiger partial charge in [0, 0.05) is 7.05 Å². The Labute approximate surface area is 105 Å². The molecule has 1 aromatic rings. The van der Waals surface area contributed by atoms with E-state index in [1.807, 2.05) is 11.6 Å². The second-order valence-electron chi connectivity index (χ2n) is 4.38. The third-order valence-corrected chi connectivity index (χ3v) is 4.44. The molecule has 0 amide bonds. The van der Waals surface area contributed by atoms with E-state index >= 15 is 0 Å². The van der Waals surface area contributed by atoms with E-state index in [2.05, 4.69) is 15.4 Å². The first-order valence-corrected chi connectivity index (χ1v) is 6.90. The number of oxime groups is 1. The molecular formula is C11H18N4OS. The van der Waals surface area contributed by atoms with Gasteiger partial charge in [-0.15, -0.1) is 10.2 Å². The Morgan fingerprint density at radius 1 is 1.41 bits per heavy atom. The van der Waals surface area contributed by atoms with Crippen LogP contribution < -0.4 is 0 Å². The minimum absolute atomic E-state index is 0.239. The highest BCUT2D eigenvalue weighted by Crippen LogP contribution is 2.29. The zero-order valence-corrected chi connectivity index (χ0v) is 10.9. The molecule has 94 valence electrons. The summed E-state index contributed by atoms with van der Waals surface area (Å²) in [5.74, 6) is 0. The summed E-state index contributed by atoms with van der Waals surface area (Å²) in [6.45, 7) is 0. The Morgan fingerprint density at radius 2 is 2.24 bits per heavy atom. The summed E-state index contributed by atoms with van der Waals surface area (Å²) in [6.07, 6.45) is 8.46. The molecule has 2 rings (SSSR count). The van der Waals surface area contributed by atoms with Crippen LogP contribution in [0.3, 0.4) is 0 Å². The van der Waals surface area contributed by atoms with E-state index in [0.29, 0.717) is 0 Å².